The third-order valence-electron chi connectivity index (χ3n) is 4.39. The van der Waals surface area contributed by atoms with Gasteiger partial charge in [-0.15, -0.1) is 24.8 Å². The number of fused-ring (bicyclic) bond motifs is 1. The number of imidazole rings is 1. The first-order valence-electron chi connectivity index (χ1n) is 7.52. The van der Waals surface area contributed by atoms with Crippen molar-refractivity contribution in [3.05, 3.63) is 30.1 Å². The molecule has 0 aliphatic heterocycles. The highest BCUT2D eigenvalue weighted by molar-refractivity contribution is 5.85. The largest absolute Gasteiger partial charge is 0.346 e. The van der Waals surface area contributed by atoms with Crippen LogP contribution in [0, 0.1) is 5.41 Å². The zero-order valence-corrected chi connectivity index (χ0v) is 15.4. The van der Waals surface area contributed by atoms with E-state index in [0.717, 1.165) is 29.7 Å². The summed E-state index contributed by atoms with van der Waals surface area (Å²) < 4.78 is 0. The molecule has 0 fully saturated rings. The Bertz CT molecular complexity index is 584. The highest BCUT2D eigenvalue weighted by Gasteiger charge is 2.34. The summed E-state index contributed by atoms with van der Waals surface area (Å²) in [7, 11) is 0. The van der Waals surface area contributed by atoms with E-state index in [4.69, 9.17) is 5.73 Å². The van der Waals surface area contributed by atoms with Gasteiger partial charge in [-0.2, -0.15) is 0 Å². The zero-order chi connectivity index (χ0) is 15.5. The van der Waals surface area contributed by atoms with Crippen molar-refractivity contribution in [3.63, 3.8) is 0 Å². The topological polar surface area (TPSA) is 83.8 Å². The maximum Gasteiger partial charge on any atom is 0.228 e. The quantitative estimate of drug-likeness (QED) is 0.738. The molecule has 2 aromatic rings. The van der Waals surface area contributed by atoms with E-state index in [9.17, 15) is 4.79 Å². The molecular formula is C16H26Cl2N4O. The lowest BCUT2D eigenvalue weighted by Crippen LogP contribution is -2.46. The third-order valence-corrected chi connectivity index (χ3v) is 4.39. The van der Waals surface area contributed by atoms with Crippen LogP contribution in [0.1, 0.15) is 45.5 Å². The van der Waals surface area contributed by atoms with Gasteiger partial charge in [0.05, 0.1) is 22.5 Å². The van der Waals surface area contributed by atoms with Crippen molar-refractivity contribution in [3.8, 4) is 0 Å². The van der Waals surface area contributed by atoms with E-state index >= 15 is 0 Å². The molecule has 0 saturated carbocycles. The monoisotopic (exact) mass is 360 g/mol. The molecule has 1 amide bonds. The minimum atomic E-state index is -0.486. The third kappa shape index (κ3) is 4.37. The second-order valence-corrected chi connectivity index (χ2v) is 5.53. The number of H-pyrrole nitrogens is 1. The number of aromatic nitrogens is 2. The summed E-state index contributed by atoms with van der Waals surface area (Å²) in [5.41, 5.74) is 7.22. The van der Waals surface area contributed by atoms with Gasteiger partial charge in [-0.1, -0.05) is 26.0 Å². The fraction of sp³-hybridized carbons (Fsp3) is 0.500. The zero-order valence-electron chi connectivity index (χ0n) is 13.8. The van der Waals surface area contributed by atoms with Gasteiger partial charge in [0.2, 0.25) is 5.91 Å². The van der Waals surface area contributed by atoms with Gasteiger partial charge < -0.3 is 16.0 Å². The smallest absolute Gasteiger partial charge is 0.228 e. The Morgan fingerprint density at radius 2 is 1.91 bits per heavy atom. The second-order valence-electron chi connectivity index (χ2n) is 5.53. The summed E-state index contributed by atoms with van der Waals surface area (Å²) in [5, 5.41) is 3.04. The normalized spacial score (nSPS) is 12.2. The highest BCUT2D eigenvalue weighted by Crippen LogP contribution is 2.26. The average Bonchev–Trinajstić information content (AvgIpc) is 2.93. The van der Waals surface area contributed by atoms with Crippen LogP contribution >= 0.6 is 24.8 Å². The minimum absolute atomic E-state index is 0. The summed E-state index contributed by atoms with van der Waals surface area (Å²) >= 11 is 0. The van der Waals surface area contributed by atoms with Crippen molar-refractivity contribution >= 4 is 41.8 Å². The van der Waals surface area contributed by atoms with E-state index in [2.05, 4.69) is 15.3 Å². The maximum absolute atomic E-state index is 12.5. The number of carbonyl (C=O) groups is 1. The van der Waals surface area contributed by atoms with Crippen LogP contribution in [-0.4, -0.2) is 22.4 Å². The molecule has 130 valence electrons. The number of nitrogens with two attached hydrogens (primary N) is 1. The van der Waals surface area contributed by atoms with Crippen LogP contribution in [0.5, 0.6) is 0 Å². The number of hydrogen-bond donors (Lipinski definition) is 3. The molecule has 7 heteroatoms. The second kappa shape index (κ2) is 9.11. The van der Waals surface area contributed by atoms with Crippen molar-refractivity contribution in [2.75, 3.05) is 6.54 Å². The molecule has 0 aliphatic carbocycles. The molecule has 0 saturated heterocycles. The van der Waals surface area contributed by atoms with Crippen LogP contribution in [0.4, 0.5) is 0 Å². The van der Waals surface area contributed by atoms with Crippen molar-refractivity contribution in [2.24, 2.45) is 11.1 Å². The lowest BCUT2D eigenvalue weighted by molar-refractivity contribution is -0.131. The number of amides is 1. The van der Waals surface area contributed by atoms with Gasteiger partial charge in [0.15, 0.2) is 0 Å². The van der Waals surface area contributed by atoms with Gasteiger partial charge in [-0.25, -0.2) is 4.98 Å². The number of rotatable bonds is 6. The fourth-order valence-electron chi connectivity index (χ4n) is 2.55. The number of nitrogens with zero attached hydrogens (tertiary/aromatic N) is 1. The van der Waals surface area contributed by atoms with Gasteiger partial charge in [0.1, 0.15) is 5.82 Å². The van der Waals surface area contributed by atoms with Gasteiger partial charge in [0.25, 0.3) is 0 Å². The van der Waals surface area contributed by atoms with E-state index in [1.807, 2.05) is 45.0 Å². The number of aromatic amines is 1. The van der Waals surface area contributed by atoms with Crippen LogP contribution in [0.15, 0.2) is 24.3 Å². The SMILES string of the molecule is CCC(CC)(CN)C(=O)NC(C)c1nc2ccccc2[nH]1.Cl.Cl. The first-order chi connectivity index (χ1) is 10.1. The summed E-state index contributed by atoms with van der Waals surface area (Å²) in [6.07, 6.45) is 1.47. The predicted molar refractivity (Wildman–Crippen MR) is 99.2 cm³/mol. The van der Waals surface area contributed by atoms with E-state index in [0.29, 0.717) is 6.54 Å². The number of benzene rings is 1. The number of nitrogens with one attached hydrogen (secondary N) is 2. The number of carbonyl (C=O) groups excluding carboxylic acids is 1. The Kier molecular flexibility index (Phi) is 8.59. The van der Waals surface area contributed by atoms with Crippen LogP contribution < -0.4 is 11.1 Å². The predicted octanol–water partition coefficient (Wildman–Crippen LogP) is 3.35. The molecular weight excluding hydrogens is 335 g/mol. The maximum atomic E-state index is 12.5. The molecule has 0 bridgehead atoms. The summed E-state index contributed by atoms with van der Waals surface area (Å²) in [5.74, 6) is 0.769. The van der Waals surface area contributed by atoms with Crippen molar-refractivity contribution in [1.29, 1.82) is 0 Å². The minimum Gasteiger partial charge on any atom is -0.346 e. The van der Waals surface area contributed by atoms with Crippen molar-refractivity contribution < 1.29 is 4.79 Å². The molecule has 2 rings (SSSR count). The Morgan fingerprint density at radius 3 is 2.43 bits per heavy atom. The fourth-order valence-corrected chi connectivity index (χ4v) is 2.55. The van der Waals surface area contributed by atoms with Gasteiger partial charge in [-0.05, 0) is 31.9 Å². The lowest BCUT2D eigenvalue weighted by Gasteiger charge is -2.29. The average molecular weight is 361 g/mol. The molecule has 4 N–H and O–H groups in total. The Hall–Kier alpha value is -1.30. The van der Waals surface area contributed by atoms with E-state index in [1.165, 1.54) is 0 Å². The standard InChI is InChI=1S/C16H24N4O.2ClH/c1-4-16(5-2,10-17)15(21)18-11(3)14-19-12-8-6-7-9-13(12)20-14;;/h6-9,11H,4-5,10,17H2,1-3H3,(H,18,21)(H,19,20);2*1H. The molecule has 0 aliphatic rings. The van der Waals surface area contributed by atoms with Crippen LogP contribution in [0.25, 0.3) is 11.0 Å². The van der Waals surface area contributed by atoms with Crippen molar-refractivity contribution in [1.82, 2.24) is 15.3 Å². The summed E-state index contributed by atoms with van der Waals surface area (Å²) in [6.45, 7) is 6.30. The molecule has 5 nitrogen and oxygen atoms in total. The first kappa shape index (κ1) is 21.7. The number of hydrogen-bond acceptors (Lipinski definition) is 3. The van der Waals surface area contributed by atoms with Gasteiger partial charge in [-0.3, -0.25) is 4.79 Å². The molecule has 1 aromatic carbocycles. The Labute approximate surface area is 149 Å². The van der Waals surface area contributed by atoms with Crippen LogP contribution in [0.2, 0.25) is 0 Å². The molecule has 0 radical (unpaired) electrons. The molecule has 1 aromatic heterocycles. The molecule has 1 unspecified atom stereocenters. The van der Waals surface area contributed by atoms with E-state index in [1.54, 1.807) is 0 Å². The Morgan fingerprint density at radius 1 is 1.30 bits per heavy atom. The molecule has 23 heavy (non-hydrogen) atoms. The number of halogens is 2. The molecule has 0 spiro atoms. The lowest BCUT2D eigenvalue weighted by atomic mass is 9.81. The van der Waals surface area contributed by atoms with E-state index in [-0.39, 0.29) is 36.8 Å². The van der Waals surface area contributed by atoms with Crippen LogP contribution in [-0.2, 0) is 4.79 Å². The van der Waals surface area contributed by atoms with Crippen LogP contribution in [0.3, 0.4) is 0 Å². The summed E-state index contributed by atoms with van der Waals surface area (Å²) in [6, 6.07) is 7.66. The van der Waals surface area contributed by atoms with E-state index < -0.39 is 5.41 Å². The molecule has 1 atom stereocenters. The Balaban J connectivity index is 0.00000242. The van der Waals surface area contributed by atoms with Crippen molar-refractivity contribution in [2.45, 2.75) is 39.7 Å². The first-order valence-corrected chi connectivity index (χ1v) is 7.52. The van der Waals surface area contributed by atoms with Gasteiger partial charge >= 0.3 is 0 Å². The van der Waals surface area contributed by atoms with Gasteiger partial charge in [0, 0.05) is 6.54 Å². The highest BCUT2D eigenvalue weighted by atomic mass is 35.5. The number of para-hydroxylation sites is 2. The summed E-state index contributed by atoms with van der Waals surface area (Å²) in [4.78, 5) is 20.3. The molecule has 1 heterocycles.